The molecule has 1 aliphatic carbocycles. The molecule has 2 heterocycles. The Balaban J connectivity index is 0.00000196. The zero-order valence-electron chi connectivity index (χ0n) is 15.2. The monoisotopic (exact) mass is 466 g/mol. The highest BCUT2D eigenvalue weighted by Gasteiger charge is 2.43. The van der Waals surface area contributed by atoms with Gasteiger partial charge in [0.25, 0.3) is 0 Å². The largest absolute Gasteiger partial charge is 0.357 e. The van der Waals surface area contributed by atoms with E-state index >= 15 is 0 Å². The van der Waals surface area contributed by atoms with Gasteiger partial charge < -0.3 is 10.2 Å². The fourth-order valence-electron chi connectivity index (χ4n) is 3.95. The minimum absolute atomic E-state index is 0. The lowest BCUT2D eigenvalue weighted by molar-refractivity contribution is 0.151. The van der Waals surface area contributed by atoms with Crippen LogP contribution in [0.3, 0.4) is 0 Å². The third-order valence-electron chi connectivity index (χ3n) is 5.51. The molecule has 0 radical (unpaired) electrons. The first-order valence-corrected chi connectivity index (χ1v) is 9.26. The van der Waals surface area contributed by atoms with E-state index in [0.29, 0.717) is 12.0 Å². The molecule has 1 saturated carbocycles. The molecule has 0 unspecified atom stereocenters. The number of nitrogens with one attached hydrogen (secondary N) is 2. The van der Waals surface area contributed by atoms with E-state index < -0.39 is 0 Å². The molecule has 1 saturated heterocycles. The van der Waals surface area contributed by atoms with Gasteiger partial charge in [-0.15, -0.1) is 24.0 Å². The van der Waals surface area contributed by atoms with Crippen molar-refractivity contribution in [3.05, 3.63) is 36.2 Å². The third-order valence-corrected chi connectivity index (χ3v) is 5.51. The number of hydrogen-bond acceptors (Lipinski definition) is 3. The van der Waals surface area contributed by atoms with Crippen molar-refractivity contribution in [2.45, 2.75) is 39.2 Å². The lowest BCUT2D eigenvalue weighted by Gasteiger charge is -2.38. The Hall–Kier alpha value is -1.64. The standard InChI is InChI=1S/C19H26N6.HI/c1-2-20-18(25-10-9-19(13-25)7-4-8-19)21-12-15-5-3-6-16(11-15)17-22-14-23-24-17;/h3,5-6,11,14H,2,4,7-10,12-13H2,1H3,(H,20,21)(H,22,23,24);1H. The minimum atomic E-state index is 0. The second-order valence-corrected chi connectivity index (χ2v) is 7.23. The summed E-state index contributed by atoms with van der Waals surface area (Å²) in [4.78, 5) is 11.6. The van der Waals surface area contributed by atoms with E-state index in [1.165, 1.54) is 37.6 Å². The van der Waals surface area contributed by atoms with Crippen molar-refractivity contribution >= 4 is 29.9 Å². The van der Waals surface area contributed by atoms with Gasteiger partial charge in [0.15, 0.2) is 11.8 Å². The SMILES string of the molecule is CCNC(=NCc1cccc(-c2ncn[nH]2)c1)N1CCC2(CCC2)C1.I. The molecular weight excluding hydrogens is 439 g/mol. The Morgan fingerprint density at radius 1 is 1.35 bits per heavy atom. The van der Waals surface area contributed by atoms with Gasteiger partial charge in [-0.1, -0.05) is 24.6 Å². The lowest BCUT2D eigenvalue weighted by atomic mass is 9.68. The second kappa shape index (κ2) is 8.37. The van der Waals surface area contributed by atoms with Crippen molar-refractivity contribution in [3.63, 3.8) is 0 Å². The number of aliphatic imine (C=N–C) groups is 1. The molecule has 0 bridgehead atoms. The number of hydrogen-bond donors (Lipinski definition) is 2. The van der Waals surface area contributed by atoms with Crippen LogP contribution >= 0.6 is 24.0 Å². The minimum Gasteiger partial charge on any atom is -0.357 e. The molecule has 2 aliphatic rings. The Morgan fingerprint density at radius 3 is 2.88 bits per heavy atom. The number of benzene rings is 1. The van der Waals surface area contributed by atoms with Gasteiger partial charge >= 0.3 is 0 Å². The predicted octanol–water partition coefficient (Wildman–Crippen LogP) is 3.43. The lowest BCUT2D eigenvalue weighted by Crippen LogP contribution is -2.42. The average molecular weight is 466 g/mol. The first-order valence-electron chi connectivity index (χ1n) is 9.26. The van der Waals surface area contributed by atoms with Gasteiger partial charge in [-0.25, -0.2) is 9.98 Å². The summed E-state index contributed by atoms with van der Waals surface area (Å²) in [5, 5.41) is 10.3. The number of guanidine groups is 1. The molecule has 1 aliphatic heterocycles. The molecule has 1 aromatic carbocycles. The van der Waals surface area contributed by atoms with E-state index in [1.54, 1.807) is 0 Å². The van der Waals surface area contributed by atoms with Crippen LogP contribution in [0.4, 0.5) is 0 Å². The molecule has 2 aromatic rings. The molecule has 0 atom stereocenters. The van der Waals surface area contributed by atoms with Crippen molar-refractivity contribution in [3.8, 4) is 11.4 Å². The highest BCUT2D eigenvalue weighted by molar-refractivity contribution is 14.0. The summed E-state index contributed by atoms with van der Waals surface area (Å²) < 4.78 is 0. The zero-order chi connectivity index (χ0) is 17.1. The molecular formula is C19H27IN6. The summed E-state index contributed by atoms with van der Waals surface area (Å²) in [7, 11) is 0. The zero-order valence-corrected chi connectivity index (χ0v) is 17.6. The highest BCUT2D eigenvalue weighted by Crippen LogP contribution is 2.47. The van der Waals surface area contributed by atoms with Gasteiger partial charge in [0, 0.05) is 25.2 Å². The normalized spacial score (nSPS) is 18.5. The molecule has 1 aromatic heterocycles. The Morgan fingerprint density at radius 2 is 2.23 bits per heavy atom. The molecule has 140 valence electrons. The molecule has 6 nitrogen and oxygen atoms in total. The van der Waals surface area contributed by atoms with Gasteiger partial charge in [0.05, 0.1) is 6.54 Å². The van der Waals surface area contributed by atoms with Crippen LogP contribution in [0, 0.1) is 5.41 Å². The van der Waals surface area contributed by atoms with Crippen molar-refractivity contribution < 1.29 is 0 Å². The number of H-pyrrole nitrogens is 1. The van der Waals surface area contributed by atoms with E-state index in [0.717, 1.165) is 37.0 Å². The van der Waals surface area contributed by atoms with Crippen molar-refractivity contribution in [1.82, 2.24) is 25.4 Å². The summed E-state index contributed by atoms with van der Waals surface area (Å²) in [5.74, 6) is 1.85. The van der Waals surface area contributed by atoms with Crippen LogP contribution in [0.2, 0.25) is 0 Å². The van der Waals surface area contributed by atoms with E-state index in [4.69, 9.17) is 4.99 Å². The average Bonchev–Trinajstić information content (AvgIpc) is 3.28. The molecule has 7 heteroatoms. The maximum Gasteiger partial charge on any atom is 0.194 e. The van der Waals surface area contributed by atoms with E-state index in [2.05, 4.69) is 50.5 Å². The number of nitrogens with zero attached hydrogens (tertiary/aromatic N) is 4. The quantitative estimate of drug-likeness (QED) is 0.412. The maximum absolute atomic E-state index is 4.90. The molecule has 26 heavy (non-hydrogen) atoms. The number of likely N-dealkylation sites (tertiary alicyclic amines) is 1. The molecule has 2 fully saturated rings. The van der Waals surface area contributed by atoms with Gasteiger partial charge in [-0.3, -0.25) is 5.10 Å². The van der Waals surface area contributed by atoms with Gasteiger partial charge in [0.1, 0.15) is 6.33 Å². The van der Waals surface area contributed by atoms with Gasteiger partial charge in [-0.2, -0.15) is 5.10 Å². The predicted molar refractivity (Wildman–Crippen MR) is 115 cm³/mol. The van der Waals surface area contributed by atoms with Crippen LogP contribution in [0.1, 0.15) is 38.2 Å². The third kappa shape index (κ3) is 4.02. The molecule has 2 N–H and O–H groups in total. The number of halogens is 1. The summed E-state index contributed by atoms with van der Waals surface area (Å²) >= 11 is 0. The van der Waals surface area contributed by atoms with E-state index in [1.807, 2.05) is 6.07 Å². The summed E-state index contributed by atoms with van der Waals surface area (Å²) in [5.41, 5.74) is 2.81. The van der Waals surface area contributed by atoms with E-state index in [-0.39, 0.29) is 24.0 Å². The summed E-state index contributed by atoms with van der Waals surface area (Å²) in [6.45, 7) is 6.00. The van der Waals surface area contributed by atoms with Crippen LogP contribution in [0.15, 0.2) is 35.6 Å². The highest BCUT2D eigenvalue weighted by atomic mass is 127. The van der Waals surface area contributed by atoms with Crippen LogP contribution in [0.25, 0.3) is 11.4 Å². The van der Waals surface area contributed by atoms with Crippen LogP contribution in [-0.2, 0) is 6.54 Å². The smallest absolute Gasteiger partial charge is 0.194 e. The van der Waals surface area contributed by atoms with Crippen LogP contribution in [-0.4, -0.2) is 45.7 Å². The van der Waals surface area contributed by atoms with Crippen LogP contribution in [0.5, 0.6) is 0 Å². The van der Waals surface area contributed by atoms with Gasteiger partial charge in [0.2, 0.25) is 0 Å². The molecule has 1 spiro atoms. The molecule has 0 amide bonds. The summed E-state index contributed by atoms with van der Waals surface area (Å²) in [6.07, 6.45) is 7.03. The van der Waals surface area contributed by atoms with Crippen molar-refractivity contribution in [1.29, 1.82) is 0 Å². The van der Waals surface area contributed by atoms with E-state index in [9.17, 15) is 0 Å². The molecule has 4 rings (SSSR count). The fraction of sp³-hybridized carbons (Fsp3) is 0.526. The Bertz CT molecular complexity index is 738. The Labute approximate surface area is 171 Å². The van der Waals surface area contributed by atoms with Gasteiger partial charge in [-0.05, 0) is 43.2 Å². The van der Waals surface area contributed by atoms with Crippen LogP contribution < -0.4 is 5.32 Å². The number of aromatic amines is 1. The maximum atomic E-state index is 4.90. The van der Waals surface area contributed by atoms with Crippen molar-refractivity contribution in [2.24, 2.45) is 10.4 Å². The Kier molecular flexibility index (Phi) is 6.16. The first-order chi connectivity index (χ1) is 12.3. The summed E-state index contributed by atoms with van der Waals surface area (Å²) in [6, 6.07) is 8.34. The van der Waals surface area contributed by atoms with Crippen molar-refractivity contribution in [2.75, 3.05) is 19.6 Å². The number of rotatable bonds is 4. The number of aromatic nitrogens is 3. The first kappa shape index (κ1) is 19.1. The second-order valence-electron chi connectivity index (χ2n) is 7.23. The fourth-order valence-corrected chi connectivity index (χ4v) is 3.95. The topological polar surface area (TPSA) is 69.2 Å².